The van der Waals surface area contributed by atoms with Crippen LogP contribution in [0.5, 0.6) is 5.75 Å². The maximum absolute atomic E-state index is 14.7. The molecule has 1 atom stereocenters. The summed E-state index contributed by atoms with van der Waals surface area (Å²) in [6.07, 6.45) is 9.00. The summed E-state index contributed by atoms with van der Waals surface area (Å²) in [7, 11) is 1.51. The van der Waals surface area contributed by atoms with E-state index in [1.54, 1.807) is 18.2 Å². The Hall–Kier alpha value is -4.02. The second-order valence-electron chi connectivity index (χ2n) is 10.2. The molecule has 0 bridgehead atoms. The fourth-order valence-electron chi connectivity index (χ4n) is 5.50. The summed E-state index contributed by atoms with van der Waals surface area (Å²) in [6, 6.07) is 12.4. The molecule has 40 heavy (non-hydrogen) atoms. The predicted molar refractivity (Wildman–Crippen MR) is 151 cm³/mol. The zero-order chi connectivity index (χ0) is 27.5. The number of halogens is 1. The first kappa shape index (κ1) is 26.2. The van der Waals surface area contributed by atoms with Crippen LogP contribution in [0.4, 0.5) is 21.7 Å². The van der Waals surface area contributed by atoms with Crippen molar-refractivity contribution >= 4 is 17.3 Å². The highest BCUT2D eigenvalue weighted by Gasteiger charge is 2.23. The van der Waals surface area contributed by atoms with Gasteiger partial charge in [-0.3, -0.25) is 4.68 Å². The summed E-state index contributed by atoms with van der Waals surface area (Å²) >= 11 is 0. The van der Waals surface area contributed by atoms with Gasteiger partial charge in [-0.15, -0.1) is 0 Å². The summed E-state index contributed by atoms with van der Waals surface area (Å²) in [6.45, 7) is 2.88. The molecule has 0 amide bonds. The third kappa shape index (κ3) is 5.50. The van der Waals surface area contributed by atoms with Crippen LogP contribution in [-0.2, 0) is 4.74 Å². The number of hydrogen-bond acceptors (Lipinski definition) is 8. The topological polar surface area (TPSA) is 97.6 Å². The number of nitrogens with one attached hydrogen (secondary N) is 1. The van der Waals surface area contributed by atoms with Crippen LogP contribution in [0.25, 0.3) is 22.4 Å². The Morgan fingerprint density at radius 1 is 1.07 bits per heavy atom. The Morgan fingerprint density at radius 3 is 2.75 bits per heavy atom. The van der Waals surface area contributed by atoms with Crippen LogP contribution in [0.2, 0.25) is 0 Å². The van der Waals surface area contributed by atoms with Gasteiger partial charge < -0.3 is 24.8 Å². The fourth-order valence-corrected chi connectivity index (χ4v) is 5.50. The Kier molecular flexibility index (Phi) is 7.61. The number of anilines is 3. The van der Waals surface area contributed by atoms with Crippen molar-refractivity contribution < 1.29 is 19.0 Å². The van der Waals surface area contributed by atoms with Gasteiger partial charge in [0, 0.05) is 55.9 Å². The van der Waals surface area contributed by atoms with Gasteiger partial charge in [0.05, 0.1) is 42.4 Å². The molecule has 0 spiro atoms. The van der Waals surface area contributed by atoms with Crippen molar-refractivity contribution in [3.8, 4) is 28.1 Å². The van der Waals surface area contributed by atoms with Crippen LogP contribution in [0, 0.1) is 5.82 Å². The summed E-state index contributed by atoms with van der Waals surface area (Å²) in [4.78, 5) is 11.6. The van der Waals surface area contributed by atoms with E-state index in [1.165, 1.54) is 13.2 Å². The molecule has 0 saturated carbocycles. The first-order valence-electron chi connectivity index (χ1n) is 13.7. The van der Waals surface area contributed by atoms with E-state index in [0.29, 0.717) is 41.2 Å². The van der Waals surface area contributed by atoms with Crippen LogP contribution in [-0.4, -0.2) is 64.4 Å². The molecule has 2 aliphatic heterocycles. The van der Waals surface area contributed by atoms with Gasteiger partial charge in [0.1, 0.15) is 23.2 Å². The Morgan fingerprint density at radius 2 is 1.93 bits per heavy atom. The number of methoxy groups -OCH3 is 1. The minimum Gasteiger partial charge on any atom is -0.496 e. The number of aliphatic hydroxyl groups is 1. The van der Waals surface area contributed by atoms with Crippen molar-refractivity contribution in [2.24, 2.45) is 0 Å². The van der Waals surface area contributed by atoms with E-state index >= 15 is 0 Å². The molecule has 9 nitrogen and oxygen atoms in total. The standard InChI is InChI=1S/C30H33FN6O3/c1-39-27-8-2-6-24(31)30(27)25-7-3-9-28(34-25)35-29-15-26(36-12-4-5-22(38)19-36)23(17-32-29)20-16-33-37(18-20)21-10-13-40-14-11-21/h2-3,6-9,15-18,21-22,38H,4-5,10-14,19H2,1H3,(H,32,34,35)/t22-/m0/s1. The van der Waals surface area contributed by atoms with Gasteiger partial charge in [-0.05, 0) is 49.9 Å². The van der Waals surface area contributed by atoms with Crippen molar-refractivity contribution in [3.63, 3.8) is 0 Å². The van der Waals surface area contributed by atoms with Gasteiger partial charge in [-0.1, -0.05) is 12.1 Å². The molecule has 0 aliphatic carbocycles. The molecular formula is C30H33FN6O3. The monoisotopic (exact) mass is 544 g/mol. The first-order valence-corrected chi connectivity index (χ1v) is 13.7. The summed E-state index contributed by atoms with van der Waals surface area (Å²) in [5.74, 6) is 1.14. The minimum absolute atomic E-state index is 0.307. The SMILES string of the molecule is COc1cccc(F)c1-c1cccc(Nc2cc(N3CCC[C@H](O)C3)c(-c3cnn(C4CCOCC4)c3)cn2)n1. The molecule has 2 fully saturated rings. The van der Waals surface area contributed by atoms with E-state index in [9.17, 15) is 9.50 Å². The van der Waals surface area contributed by atoms with Crippen LogP contribution < -0.4 is 15.0 Å². The zero-order valence-electron chi connectivity index (χ0n) is 22.5. The van der Waals surface area contributed by atoms with E-state index in [0.717, 1.165) is 62.3 Å². The van der Waals surface area contributed by atoms with Crippen molar-refractivity contribution in [1.82, 2.24) is 19.7 Å². The lowest BCUT2D eigenvalue weighted by Crippen LogP contribution is -2.38. The van der Waals surface area contributed by atoms with E-state index in [4.69, 9.17) is 14.5 Å². The molecule has 2 aliphatic rings. The Bertz CT molecular complexity index is 1470. The smallest absolute Gasteiger partial charge is 0.136 e. The van der Waals surface area contributed by atoms with Crippen LogP contribution in [0.1, 0.15) is 31.7 Å². The normalized spacial score (nSPS) is 18.1. The number of aliphatic hydroxyl groups excluding tert-OH is 1. The summed E-state index contributed by atoms with van der Waals surface area (Å²) in [5.41, 5.74) is 3.66. The molecule has 2 saturated heterocycles. The number of piperidine rings is 1. The van der Waals surface area contributed by atoms with Gasteiger partial charge in [0.2, 0.25) is 0 Å². The van der Waals surface area contributed by atoms with Crippen molar-refractivity contribution in [2.75, 3.05) is 43.6 Å². The van der Waals surface area contributed by atoms with Gasteiger partial charge in [-0.25, -0.2) is 14.4 Å². The molecule has 2 N–H and O–H groups in total. The molecule has 0 unspecified atom stereocenters. The number of pyridine rings is 2. The second kappa shape index (κ2) is 11.6. The highest BCUT2D eigenvalue weighted by atomic mass is 19.1. The maximum Gasteiger partial charge on any atom is 0.136 e. The number of aromatic nitrogens is 4. The fraction of sp³-hybridized carbons (Fsp3) is 0.367. The van der Waals surface area contributed by atoms with Crippen molar-refractivity contribution in [3.05, 3.63) is 66.9 Å². The number of nitrogens with zero attached hydrogens (tertiary/aromatic N) is 5. The number of ether oxygens (including phenoxy) is 2. The molecule has 10 heteroatoms. The van der Waals surface area contributed by atoms with Gasteiger partial charge in [-0.2, -0.15) is 5.10 Å². The molecule has 208 valence electrons. The summed E-state index contributed by atoms with van der Waals surface area (Å²) in [5, 5.41) is 18.4. The minimum atomic E-state index is -0.404. The molecule has 3 aromatic heterocycles. The third-order valence-corrected chi connectivity index (χ3v) is 7.55. The predicted octanol–water partition coefficient (Wildman–Crippen LogP) is 5.21. The molecule has 4 aromatic rings. The molecule has 5 heterocycles. The van der Waals surface area contributed by atoms with Crippen molar-refractivity contribution in [2.45, 2.75) is 37.8 Å². The lowest BCUT2D eigenvalue weighted by atomic mass is 10.0. The average molecular weight is 545 g/mol. The molecule has 0 radical (unpaired) electrons. The van der Waals surface area contributed by atoms with Crippen molar-refractivity contribution in [1.29, 1.82) is 0 Å². The average Bonchev–Trinajstić information content (AvgIpc) is 3.48. The van der Waals surface area contributed by atoms with Gasteiger partial charge in [0.15, 0.2) is 0 Å². The van der Waals surface area contributed by atoms with E-state index in [-0.39, 0.29) is 6.10 Å². The lowest BCUT2D eigenvalue weighted by Gasteiger charge is -2.33. The van der Waals surface area contributed by atoms with E-state index in [2.05, 4.69) is 26.5 Å². The van der Waals surface area contributed by atoms with E-state index < -0.39 is 5.82 Å². The van der Waals surface area contributed by atoms with Gasteiger partial charge >= 0.3 is 0 Å². The highest BCUT2D eigenvalue weighted by molar-refractivity contribution is 5.80. The number of benzene rings is 1. The first-order chi connectivity index (χ1) is 19.6. The largest absolute Gasteiger partial charge is 0.496 e. The quantitative estimate of drug-likeness (QED) is 0.327. The van der Waals surface area contributed by atoms with Crippen LogP contribution >= 0.6 is 0 Å². The maximum atomic E-state index is 14.7. The third-order valence-electron chi connectivity index (χ3n) is 7.55. The Labute approximate surface area is 232 Å². The lowest BCUT2D eigenvalue weighted by molar-refractivity contribution is 0.0662. The molecule has 6 rings (SSSR count). The number of β-amino-alcohol motifs (C(OH)–C–C–N with tert-alkyl or cyclic N) is 1. The summed E-state index contributed by atoms with van der Waals surface area (Å²) < 4.78 is 27.6. The van der Waals surface area contributed by atoms with Gasteiger partial charge in [0.25, 0.3) is 0 Å². The number of rotatable bonds is 7. The Balaban J connectivity index is 1.32. The molecule has 1 aromatic carbocycles. The number of hydrogen-bond donors (Lipinski definition) is 2. The highest BCUT2D eigenvalue weighted by Crippen LogP contribution is 2.36. The second-order valence-corrected chi connectivity index (χ2v) is 10.2. The van der Waals surface area contributed by atoms with Crippen LogP contribution in [0.3, 0.4) is 0 Å². The zero-order valence-corrected chi connectivity index (χ0v) is 22.5. The molecular weight excluding hydrogens is 511 g/mol. The van der Waals surface area contributed by atoms with Crippen LogP contribution in [0.15, 0.2) is 61.1 Å². The van der Waals surface area contributed by atoms with E-state index in [1.807, 2.05) is 35.3 Å².